The predicted octanol–water partition coefficient (Wildman–Crippen LogP) is 2.83. The van der Waals surface area contributed by atoms with Gasteiger partial charge in [0.2, 0.25) is 5.91 Å². The Morgan fingerprint density at radius 2 is 1.72 bits per heavy atom. The number of carbonyl (C=O) groups is 1. The lowest BCUT2D eigenvalue weighted by atomic mass is 9.99. The van der Waals surface area contributed by atoms with Gasteiger partial charge in [-0.05, 0) is 59.6 Å². The van der Waals surface area contributed by atoms with E-state index in [-0.39, 0.29) is 18.5 Å². The van der Waals surface area contributed by atoms with Crippen LogP contribution in [0.4, 0.5) is 0 Å². The SMILES string of the molecule is O=C(Cn1nnnc1CN1CCCC1)N[C@H](c1ccccc1)c1ccc(Cl)cc1. The molecule has 1 saturated heterocycles. The number of tetrazole rings is 1. The van der Waals surface area contributed by atoms with Crippen LogP contribution in [0.2, 0.25) is 5.02 Å². The Balaban J connectivity index is 1.49. The van der Waals surface area contributed by atoms with E-state index >= 15 is 0 Å². The van der Waals surface area contributed by atoms with E-state index in [9.17, 15) is 4.79 Å². The van der Waals surface area contributed by atoms with Gasteiger partial charge in [0.25, 0.3) is 0 Å². The van der Waals surface area contributed by atoms with E-state index in [1.165, 1.54) is 12.8 Å². The monoisotopic (exact) mass is 410 g/mol. The van der Waals surface area contributed by atoms with Gasteiger partial charge in [-0.2, -0.15) is 0 Å². The maximum Gasteiger partial charge on any atom is 0.242 e. The van der Waals surface area contributed by atoms with Gasteiger partial charge in [0.15, 0.2) is 5.82 Å². The van der Waals surface area contributed by atoms with E-state index in [1.54, 1.807) is 4.68 Å². The Kier molecular flexibility index (Phi) is 6.17. The molecule has 0 spiro atoms. The molecule has 4 rings (SSSR count). The number of carbonyl (C=O) groups excluding carboxylic acids is 1. The smallest absolute Gasteiger partial charge is 0.242 e. The number of halogens is 1. The van der Waals surface area contributed by atoms with E-state index in [0.717, 1.165) is 24.2 Å². The number of benzene rings is 2. The van der Waals surface area contributed by atoms with Crippen LogP contribution in [0.15, 0.2) is 54.6 Å². The zero-order valence-corrected chi connectivity index (χ0v) is 16.8. The Morgan fingerprint density at radius 3 is 2.45 bits per heavy atom. The summed E-state index contributed by atoms with van der Waals surface area (Å²) < 4.78 is 1.58. The standard InChI is InChI=1S/C21H23ClN6O/c22-18-10-8-17(9-11-18)21(16-6-2-1-3-7-16)23-20(29)15-28-19(24-25-26-28)14-27-12-4-5-13-27/h1-3,6-11,21H,4-5,12-15H2,(H,23,29)/t21-/m1/s1. The van der Waals surface area contributed by atoms with Crippen molar-refractivity contribution in [1.29, 1.82) is 0 Å². The van der Waals surface area contributed by atoms with Gasteiger partial charge < -0.3 is 5.32 Å². The van der Waals surface area contributed by atoms with Crippen LogP contribution >= 0.6 is 11.6 Å². The number of amides is 1. The normalized spacial score (nSPS) is 15.3. The van der Waals surface area contributed by atoms with Gasteiger partial charge in [0.1, 0.15) is 6.54 Å². The van der Waals surface area contributed by atoms with E-state index in [1.807, 2.05) is 54.6 Å². The van der Waals surface area contributed by atoms with E-state index in [2.05, 4.69) is 25.7 Å². The third-order valence-corrected chi connectivity index (χ3v) is 5.36. The Morgan fingerprint density at radius 1 is 1.03 bits per heavy atom. The van der Waals surface area contributed by atoms with Gasteiger partial charge in [-0.25, -0.2) is 4.68 Å². The minimum absolute atomic E-state index is 0.0765. The zero-order chi connectivity index (χ0) is 20.1. The molecule has 29 heavy (non-hydrogen) atoms. The number of hydrogen-bond donors (Lipinski definition) is 1. The zero-order valence-electron chi connectivity index (χ0n) is 16.0. The van der Waals surface area contributed by atoms with Crippen LogP contribution in [-0.2, 0) is 17.9 Å². The molecule has 1 fully saturated rings. The Bertz CT molecular complexity index is 937. The summed E-state index contributed by atoms with van der Waals surface area (Å²) in [7, 11) is 0. The molecule has 1 amide bonds. The molecule has 1 aliphatic rings. The predicted molar refractivity (Wildman–Crippen MR) is 110 cm³/mol. The first-order chi connectivity index (χ1) is 14.2. The molecule has 0 bridgehead atoms. The lowest BCUT2D eigenvalue weighted by molar-refractivity contribution is -0.122. The molecule has 1 atom stereocenters. The van der Waals surface area contributed by atoms with Crippen LogP contribution in [0.5, 0.6) is 0 Å². The Hall–Kier alpha value is -2.77. The maximum atomic E-state index is 12.9. The van der Waals surface area contributed by atoms with E-state index in [4.69, 9.17) is 11.6 Å². The molecule has 150 valence electrons. The molecule has 1 aliphatic heterocycles. The third kappa shape index (κ3) is 4.99. The maximum absolute atomic E-state index is 12.9. The van der Waals surface area contributed by atoms with Gasteiger partial charge in [-0.1, -0.05) is 54.1 Å². The number of nitrogens with zero attached hydrogens (tertiary/aromatic N) is 5. The van der Waals surface area contributed by atoms with Crippen LogP contribution in [0.3, 0.4) is 0 Å². The molecular formula is C21H23ClN6O. The van der Waals surface area contributed by atoms with Crippen molar-refractivity contribution >= 4 is 17.5 Å². The van der Waals surface area contributed by atoms with Crippen molar-refractivity contribution in [2.24, 2.45) is 0 Å². The largest absolute Gasteiger partial charge is 0.344 e. The quantitative estimate of drug-likeness (QED) is 0.648. The first kappa shape index (κ1) is 19.5. The van der Waals surface area contributed by atoms with Gasteiger partial charge in [-0.3, -0.25) is 9.69 Å². The van der Waals surface area contributed by atoms with E-state index < -0.39 is 0 Å². The molecule has 7 nitrogen and oxygen atoms in total. The highest BCUT2D eigenvalue weighted by molar-refractivity contribution is 6.30. The highest BCUT2D eigenvalue weighted by Gasteiger charge is 2.20. The highest BCUT2D eigenvalue weighted by Crippen LogP contribution is 2.23. The van der Waals surface area contributed by atoms with Crippen molar-refractivity contribution < 1.29 is 4.79 Å². The summed E-state index contributed by atoms with van der Waals surface area (Å²) in [4.78, 5) is 15.2. The lowest BCUT2D eigenvalue weighted by Crippen LogP contribution is -2.33. The number of nitrogens with one attached hydrogen (secondary N) is 1. The Labute approximate surface area is 174 Å². The summed E-state index contributed by atoms with van der Waals surface area (Å²) in [6.45, 7) is 2.84. The molecule has 0 radical (unpaired) electrons. The molecule has 0 aliphatic carbocycles. The van der Waals surface area contributed by atoms with Crippen molar-refractivity contribution in [3.63, 3.8) is 0 Å². The van der Waals surface area contributed by atoms with Crippen molar-refractivity contribution in [3.8, 4) is 0 Å². The fourth-order valence-electron chi connectivity index (χ4n) is 3.60. The summed E-state index contributed by atoms with van der Waals surface area (Å²) in [5, 5.41) is 15.7. The van der Waals surface area contributed by atoms with E-state index in [0.29, 0.717) is 17.4 Å². The molecule has 1 N–H and O–H groups in total. The van der Waals surface area contributed by atoms with Gasteiger partial charge >= 0.3 is 0 Å². The fourth-order valence-corrected chi connectivity index (χ4v) is 3.73. The van der Waals surface area contributed by atoms with Crippen LogP contribution < -0.4 is 5.32 Å². The molecule has 3 aromatic rings. The average molecular weight is 411 g/mol. The summed E-state index contributed by atoms with van der Waals surface area (Å²) >= 11 is 6.03. The lowest BCUT2D eigenvalue weighted by Gasteiger charge is -2.20. The second-order valence-corrected chi connectivity index (χ2v) is 7.64. The summed E-state index contributed by atoms with van der Waals surface area (Å²) in [5.41, 5.74) is 1.96. The van der Waals surface area contributed by atoms with Crippen LogP contribution in [-0.4, -0.2) is 44.1 Å². The third-order valence-electron chi connectivity index (χ3n) is 5.10. The molecule has 0 unspecified atom stereocenters. The van der Waals surface area contributed by atoms with Crippen molar-refractivity contribution in [2.75, 3.05) is 13.1 Å². The van der Waals surface area contributed by atoms with Gasteiger partial charge in [0, 0.05) is 5.02 Å². The molecule has 2 aromatic carbocycles. The first-order valence-corrected chi connectivity index (χ1v) is 10.1. The topological polar surface area (TPSA) is 75.9 Å². The van der Waals surface area contributed by atoms with Crippen LogP contribution in [0.1, 0.15) is 35.8 Å². The summed E-state index contributed by atoms with van der Waals surface area (Å²) in [6, 6.07) is 17.1. The number of hydrogen-bond acceptors (Lipinski definition) is 5. The highest BCUT2D eigenvalue weighted by atomic mass is 35.5. The number of likely N-dealkylation sites (tertiary alicyclic amines) is 1. The number of rotatable bonds is 7. The summed E-state index contributed by atoms with van der Waals surface area (Å²) in [6.07, 6.45) is 2.39. The van der Waals surface area contributed by atoms with Gasteiger partial charge in [-0.15, -0.1) is 5.10 Å². The second kappa shape index (κ2) is 9.15. The summed E-state index contributed by atoms with van der Waals surface area (Å²) in [5.74, 6) is 0.563. The number of aromatic nitrogens is 4. The van der Waals surface area contributed by atoms with Crippen molar-refractivity contribution in [2.45, 2.75) is 32.0 Å². The molecule has 1 aromatic heterocycles. The van der Waals surface area contributed by atoms with Crippen molar-refractivity contribution in [1.82, 2.24) is 30.4 Å². The molecular weight excluding hydrogens is 388 g/mol. The van der Waals surface area contributed by atoms with Crippen LogP contribution in [0, 0.1) is 0 Å². The van der Waals surface area contributed by atoms with Gasteiger partial charge in [0.05, 0.1) is 12.6 Å². The molecule has 2 heterocycles. The second-order valence-electron chi connectivity index (χ2n) is 7.20. The minimum atomic E-state index is -0.278. The molecule has 0 saturated carbocycles. The molecule has 8 heteroatoms. The van der Waals surface area contributed by atoms with Crippen LogP contribution in [0.25, 0.3) is 0 Å². The average Bonchev–Trinajstić information content (AvgIpc) is 3.40. The minimum Gasteiger partial charge on any atom is -0.344 e. The fraction of sp³-hybridized carbons (Fsp3) is 0.333. The first-order valence-electron chi connectivity index (χ1n) is 9.76. The van der Waals surface area contributed by atoms with Crippen molar-refractivity contribution in [3.05, 3.63) is 76.6 Å².